The second-order valence-electron chi connectivity index (χ2n) is 7.55. The average molecular weight is 627 g/mol. The Morgan fingerprint density at radius 3 is 2.44 bits per heavy atom. The Balaban J connectivity index is 1.38. The van der Waals surface area contributed by atoms with Gasteiger partial charge >= 0.3 is 0 Å². The van der Waals surface area contributed by atoms with Crippen LogP contribution in [0, 0.1) is 0 Å². The number of anilines is 1. The third-order valence-electron chi connectivity index (χ3n) is 4.94. The summed E-state index contributed by atoms with van der Waals surface area (Å²) in [6.07, 6.45) is 1.63. The van der Waals surface area contributed by atoms with E-state index in [1.807, 2.05) is 0 Å². The van der Waals surface area contributed by atoms with Gasteiger partial charge in [0.2, 0.25) is 0 Å². The maximum Gasteiger partial charge on any atom is 0.293 e. The van der Waals surface area contributed by atoms with Gasteiger partial charge in [0.25, 0.3) is 17.1 Å². The minimum absolute atomic E-state index is 0.0907. The quantitative estimate of drug-likeness (QED) is 0.273. The van der Waals surface area contributed by atoms with Crippen molar-refractivity contribution in [3.63, 3.8) is 0 Å². The number of hydrogen-bond donors (Lipinski definition) is 1. The summed E-state index contributed by atoms with van der Waals surface area (Å²) >= 11 is 22.1. The molecule has 184 valence electrons. The van der Waals surface area contributed by atoms with Gasteiger partial charge in [-0.25, -0.2) is 0 Å². The van der Waals surface area contributed by atoms with E-state index in [0.29, 0.717) is 47.0 Å². The first-order chi connectivity index (χ1) is 17.2. The second-order valence-corrected chi connectivity index (χ2v) is 10.6. The van der Waals surface area contributed by atoms with Crippen LogP contribution in [0.15, 0.2) is 70.0 Å². The molecule has 1 heterocycles. The van der Waals surface area contributed by atoms with Crippen LogP contribution in [0.5, 0.6) is 5.75 Å². The molecule has 3 amide bonds. The molecular formula is C25H16BrCl3N2O4S. The molecule has 11 heteroatoms. The van der Waals surface area contributed by atoms with Gasteiger partial charge in [0.15, 0.2) is 6.61 Å². The normalized spacial score (nSPS) is 14.4. The molecular weight excluding hydrogens is 611 g/mol. The van der Waals surface area contributed by atoms with E-state index in [4.69, 9.17) is 39.5 Å². The van der Waals surface area contributed by atoms with Crippen molar-refractivity contribution in [2.45, 2.75) is 6.54 Å². The number of imide groups is 1. The zero-order chi connectivity index (χ0) is 25.8. The van der Waals surface area contributed by atoms with Crippen LogP contribution in [0.4, 0.5) is 10.5 Å². The molecule has 0 saturated carbocycles. The smallest absolute Gasteiger partial charge is 0.293 e. The molecule has 0 unspecified atom stereocenters. The van der Waals surface area contributed by atoms with Crippen LogP contribution < -0.4 is 10.1 Å². The highest BCUT2D eigenvalue weighted by Gasteiger charge is 2.35. The minimum atomic E-state index is -0.397. The fourth-order valence-electron chi connectivity index (χ4n) is 3.21. The Labute approximate surface area is 234 Å². The van der Waals surface area contributed by atoms with Gasteiger partial charge in [-0.05, 0) is 93.4 Å². The van der Waals surface area contributed by atoms with E-state index in [-0.39, 0.29) is 24.3 Å². The number of nitrogens with zero attached hydrogens (tertiary/aromatic N) is 1. The Morgan fingerprint density at radius 1 is 1.00 bits per heavy atom. The van der Waals surface area contributed by atoms with Crippen molar-refractivity contribution in [1.82, 2.24) is 4.90 Å². The number of ether oxygens (including phenoxy) is 1. The molecule has 4 rings (SSSR count). The highest BCUT2D eigenvalue weighted by molar-refractivity contribution is 9.10. The van der Waals surface area contributed by atoms with Crippen LogP contribution in [0.2, 0.25) is 15.1 Å². The van der Waals surface area contributed by atoms with Crippen molar-refractivity contribution in [1.29, 1.82) is 0 Å². The van der Waals surface area contributed by atoms with Crippen molar-refractivity contribution in [3.05, 3.63) is 96.2 Å². The van der Waals surface area contributed by atoms with Crippen LogP contribution in [-0.4, -0.2) is 28.6 Å². The molecule has 3 aromatic carbocycles. The number of carbonyl (C=O) groups is 3. The van der Waals surface area contributed by atoms with Crippen molar-refractivity contribution in [2.24, 2.45) is 0 Å². The third kappa shape index (κ3) is 6.63. The van der Waals surface area contributed by atoms with Gasteiger partial charge in [0.1, 0.15) is 5.75 Å². The van der Waals surface area contributed by atoms with Gasteiger partial charge in [-0.3, -0.25) is 19.3 Å². The van der Waals surface area contributed by atoms with Gasteiger partial charge in [-0.2, -0.15) is 0 Å². The summed E-state index contributed by atoms with van der Waals surface area (Å²) in [5.74, 6) is -0.276. The molecule has 0 radical (unpaired) electrons. The summed E-state index contributed by atoms with van der Waals surface area (Å²) in [5.41, 5.74) is 1.98. The summed E-state index contributed by atoms with van der Waals surface area (Å²) in [6, 6.07) is 16.8. The lowest BCUT2D eigenvalue weighted by atomic mass is 10.2. The first kappa shape index (κ1) is 26.6. The van der Waals surface area contributed by atoms with Crippen molar-refractivity contribution in [3.8, 4) is 5.75 Å². The molecule has 6 nitrogen and oxygen atoms in total. The molecule has 1 fully saturated rings. The fourth-order valence-corrected chi connectivity index (χ4v) is 5.00. The molecule has 36 heavy (non-hydrogen) atoms. The summed E-state index contributed by atoms with van der Waals surface area (Å²) in [5, 5.41) is 3.67. The van der Waals surface area contributed by atoms with E-state index in [2.05, 4.69) is 21.2 Å². The van der Waals surface area contributed by atoms with Crippen LogP contribution in [0.3, 0.4) is 0 Å². The fraction of sp³-hybridized carbons (Fsp3) is 0.0800. The van der Waals surface area contributed by atoms with Crippen LogP contribution in [0.1, 0.15) is 11.1 Å². The van der Waals surface area contributed by atoms with Crippen molar-refractivity contribution >= 4 is 91.3 Å². The second kappa shape index (κ2) is 11.7. The zero-order valence-corrected chi connectivity index (χ0v) is 22.9. The van der Waals surface area contributed by atoms with Gasteiger partial charge in [0, 0.05) is 10.7 Å². The number of carbonyl (C=O) groups excluding carboxylic acids is 3. The van der Waals surface area contributed by atoms with Gasteiger partial charge in [-0.1, -0.05) is 46.9 Å². The summed E-state index contributed by atoms with van der Waals surface area (Å²) in [7, 11) is 0. The van der Waals surface area contributed by atoms with E-state index in [1.54, 1.807) is 66.7 Å². The Bertz CT molecular complexity index is 1380. The SMILES string of the molecule is O=C(COc1ccc(/C=C2\SC(=O)N(Cc3ccc(Cl)c(Cl)c3)C2=O)cc1Br)Nc1ccc(Cl)cc1. The molecule has 0 aliphatic carbocycles. The Morgan fingerprint density at radius 2 is 1.75 bits per heavy atom. The molecule has 1 saturated heterocycles. The maximum absolute atomic E-state index is 12.8. The first-order valence-corrected chi connectivity index (χ1v) is 13.1. The molecule has 3 aromatic rings. The van der Waals surface area contributed by atoms with Gasteiger partial charge in [0.05, 0.1) is 26.0 Å². The van der Waals surface area contributed by atoms with Crippen molar-refractivity contribution in [2.75, 3.05) is 11.9 Å². The Kier molecular flexibility index (Phi) is 8.64. The molecule has 0 aromatic heterocycles. The maximum atomic E-state index is 12.8. The number of thioether (sulfide) groups is 1. The van der Waals surface area contributed by atoms with Crippen LogP contribution in [0.25, 0.3) is 6.08 Å². The standard InChI is InChI=1S/C25H16BrCl3N2O4S/c26-18-9-14(2-8-21(18)35-13-23(32)30-17-5-3-16(27)4-6-17)11-22-24(33)31(25(34)36-22)12-15-1-7-19(28)20(29)10-15/h1-11H,12-13H2,(H,30,32)/b22-11-. The van der Waals surface area contributed by atoms with E-state index in [9.17, 15) is 14.4 Å². The number of hydrogen-bond acceptors (Lipinski definition) is 5. The topological polar surface area (TPSA) is 75.7 Å². The Hall–Kier alpha value is -2.49. The third-order valence-corrected chi connectivity index (χ3v) is 7.46. The average Bonchev–Trinajstić information content (AvgIpc) is 3.09. The number of benzene rings is 3. The van der Waals surface area contributed by atoms with Crippen LogP contribution >= 0.6 is 62.5 Å². The number of amides is 3. The van der Waals surface area contributed by atoms with Crippen LogP contribution in [-0.2, 0) is 16.1 Å². The lowest BCUT2D eigenvalue weighted by molar-refractivity contribution is -0.123. The summed E-state index contributed by atoms with van der Waals surface area (Å²) in [4.78, 5) is 38.9. The molecule has 0 atom stereocenters. The molecule has 1 N–H and O–H groups in total. The van der Waals surface area contributed by atoms with Gasteiger partial charge < -0.3 is 10.1 Å². The highest BCUT2D eigenvalue weighted by atomic mass is 79.9. The van der Waals surface area contributed by atoms with E-state index >= 15 is 0 Å². The van der Waals surface area contributed by atoms with E-state index < -0.39 is 5.91 Å². The van der Waals surface area contributed by atoms with Crippen molar-refractivity contribution < 1.29 is 19.1 Å². The predicted octanol–water partition coefficient (Wildman–Crippen LogP) is 7.66. The van der Waals surface area contributed by atoms with E-state index in [1.165, 1.54) is 0 Å². The number of rotatable bonds is 7. The lowest BCUT2D eigenvalue weighted by Crippen LogP contribution is -2.27. The molecule has 0 spiro atoms. The monoisotopic (exact) mass is 624 g/mol. The lowest BCUT2D eigenvalue weighted by Gasteiger charge is -2.13. The summed E-state index contributed by atoms with van der Waals surface area (Å²) < 4.78 is 6.19. The summed E-state index contributed by atoms with van der Waals surface area (Å²) in [6.45, 7) is -0.109. The number of halogens is 4. The zero-order valence-electron chi connectivity index (χ0n) is 18.3. The minimum Gasteiger partial charge on any atom is -0.483 e. The largest absolute Gasteiger partial charge is 0.483 e. The van der Waals surface area contributed by atoms with E-state index in [0.717, 1.165) is 16.7 Å². The number of nitrogens with one attached hydrogen (secondary N) is 1. The highest BCUT2D eigenvalue weighted by Crippen LogP contribution is 2.35. The first-order valence-electron chi connectivity index (χ1n) is 10.4. The molecule has 1 aliphatic rings. The van der Waals surface area contributed by atoms with Gasteiger partial charge in [-0.15, -0.1) is 0 Å². The molecule has 1 aliphatic heterocycles. The molecule has 0 bridgehead atoms. The predicted molar refractivity (Wildman–Crippen MR) is 148 cm³/mol.